The standard InChI is InChI=1S/C14H23N3O2/c1-9(2)7-8-17-12(10(3)4)6-5-11(14(17)19)13(18)16-15/h5-6,9-10H,7-8,15H2,1-4H3,(H,16,18). The van der Waals surface area contributed by atoms with Gasteiger partial charge in [-0.2, -0.15) is 0 Å². The summed E-state index contributed by atoms with van der Waals surface area (Å²) >= 11 is 0. The number of pyridine rings is 1. The molecule has 1 heterocycles. The Labute approximate surface area is 113 Å². The zero-order valence-electron chi connectivity index (χ0n) is 12.1. The molecule has 1 aromatic rings. The van der Waals surface area contributed by atoms with Gasteiger partial charge in [0.15, 0.2) is 0 Å². The molecule has 0 aliphatic heterocycles. The zero-order chi connectivity index (χ0) is 14.6. The van der Waals surface area contributed by atoms with Crippen LogP contribution in [0.1, 0.15) is 56.1 Å². The Bertz CT molecular complexity index is 504. The number of carbonyl (C=O) groups excluding carboxylic acids is 1. The molecule has 5 nitrogen and oxygen atoms in total. The van der Waals surface area contributed by atoms with Gasteiger partial charge in [-0.3, -0.25) is 15.0 Å². The van der Waals surface area contributed by atoms with Crippen LogP contribution in [-0.4, -0.2) is 10.5 Å². The number of hydrogen-bond acceptors (Lipinski definition) is 3. The highest BCUT2D eigenvalue weighted by Gasteiger charge is 2.15. The third kappa shape index (κ3) is 3.67. The van der Waals surface area contributed by atoms with Gasteiger partial charge in [0, 0.05) is 12.2 Å². The molecule has 1 aromatic heterocycles. The molecule has 0 saturated carbocycles. The number of nitrogens with two attached hydrogens (primary N) is 1. The van der Waals surface area contributed by atoms with E-state index >= 15 is 0 Å². The predicted molar refractivity (Wildman–Crippen MR) is 75.9 cm³/mol. The van der Waals surface area contributed by atoms with Gasteiger partial charge in [-0.15, -0.1) is 0 Å². The first-order valence-corrected chi connectivity index (χ1v) is 6.63. The van der Waals surface area contributed by atoms with E-state index in [1.165, 1.54) is 0 Å². The molecular weight excluding hydrogens is 242 g/mol. The summed E-state index contributed by atoms with van der Waals surface area (Å²) in [4.78, 5) is 23.9. The fourth-order valence-corrected chi connectivity index (χ4v) is 1.97. The number of aromatic nitrogens is 1. The minimum absolute atomic E-state index is 0.0932. The summed E-state index contributed by atoms with van der Waals surface area (Å²) in [6.07, 6.45) is 0.896. The van der Waals surface area contributed by atoms with E-state index in [9.17, 15) is 9.59 Å². The first kappa shape index (κ1) is 15.4. The van der Waals surface area contributed by atoms with E-state index in [2.05, 4.69) is 13.8 Å². The van der Waals surface area contributed by atoms with Crippen LogP contribution in [0, 0.1) is 5.92 Å². The maximum absolute atomic E-state index is 12.4. The van der Waals surface area contributed by atoms with Crippen molar-refractivity contribution in [3.05, 3.63) is 33.7 Å². The van der Waals surface area contributed by atoms with E-state index in [4.69, 9.17) is 5.84 Å². The summed E-state index contributed by atoms with van der Waals surface area (Å²) in [5.41, 5.74) is 2.78. The van der Waals surface area contributed by atoms with Gasteiger partial charge in [-0.25, -0.2) is 5.84 Å². The molecule has 106 valence electrons. The Hall–Kier alpha value is -1.62. The van der Waals surface area contributed by atoms with Gasteiger partial charge < -0.3 is 4.57 Å². The van der Waals surface area contributed by atoms with Gasteiger partial charge >= 0.3 is 0 Å². The molecule has 0 saturated heterocycles. The zero-order valence-corrected chi connectivity index (χ0v) is 12.1. The number of hydrogen-bond donors (Lipinski definition) is 2. The summed E-state index contributed by atoms with van der Waals surface area (Å²) in [7, 11) is 0. The second kappa shape index (κ2) is 6.52. The summed E-state index contributed by atoms with van der Waals surface area (Å²) in [6, 6.07) is 3.38. The average Bonchev–Trinajstić information content (AvgIpc) is 2.35. The Morgan fingerprint density at radius 2 is 1.95 bits per heavy atom. The molecule has 0 radical (unpaired) electrons. The molecule has 0 spiro atoms. The molecule has 0 atom stereocenters. The fourth-order valence-electron chi connectivity index (χ4n) is 1.97. The van der Waals surface area contributed by atoms with Gasteiger partial charge in [-0.1, -0.05) is 27.7 Å². The maximum Gasteiger partial charge on any atom is 0.270 e. The van der Waals surface area contributed by atoms with Gasteiger partial charge in [0.1, 0.15) is 5.56 Å². The maximum atomic E-state index is 12.4. The smallest absolute Gasteiger partial charge is 0.270 e. The highest BCUT2D eigenvalue weighted by Crippen LogP contribution is 2.14. The predicted octanol–water partition coefficient (Wildman–Crippen LogP) is 1.62. The average molecular weight is 265 g/mol. The summed E-state index contributed by atoms with van der Waals surface area (Å²) in [6.45, 7) is 8.90. The van der Waals surface area contributed by atoms with Gasteiger partial charge in [-0.05, 0) is 30.4 Å². The van der Waals surface area contributed by atoms with Crippen LogP contribution in [0.25, 0.3) is 0 Å². The summed E-state index contributed by atoms with van der Waals surface area (Å²) in [5, 5.41) is 0. The second-order valence-corrected chi connectivity index (χ2v) is 5.44. The van der Waals surface area contributed by atoms with E-state index in [1.54, 1.807) is 10.6 Å². The van der Waals surface area contributed by atoms with Crippen LogP contribution in [0.5, 0.6) is 0 Å². The van der Waals surface area contributed by atoms with Gasteiger partial charge in [0.2, 0.25) is 0 Å². The normalized spacial score (nSPS) is 11.1. The number of nitrogens with zero attached hydrogens (tertiary/aromatic N) is 1. The lowest BCUT2D eigenvalue weighted by atomic mass is 10.1. The summed E-state index contributed by atoms with van der Waals surface area (Å²) in [5.74, 6) is 5.28. The largest absolute Gasteiger partial charge is 0.312 e. The van der Waals surface area contributed by atoms with E-state index in [-0.39, 0.29) is 17.0 Å². The molecule has 0 fully saturated rings. The van der Waals surface area contributed by atoms with Gasteiger partial charge in [0.25, 0.3) is 11.5 Å². The Balaban J connectivity index is 3.27. The summed E-state index contributed by atoms with van der Waals surface area (Å²) < 4.78 is 1.69. The van der Waals surface area contributed by atoms with E-state index < -0.39 is 5.91 Å². The van der Waals surface area contributed by atoms with Crippen LogP contribution >= 0.6 is 0 Å². The number of carbonyl (C=O) groups is 1. The highest BCUT2D eigenvalue weighted by molar-refractivity contribution is 5.93. The Morgan fingerprint density at radius 3 is 2.42 bits per heavy atom. The third-order valence-electron chi connectivity index (χ3n) is 3.11. The van der Waals surface area contributed by atoms with Crippen LogP contribution in [-0.2, 0) is 6.54 Å². The van der Waals surface area contributed by atoms with E-state index in [1.807, 2.05) is 25.3 Å². The lowest BCUT2D eigenvalue weighted by Gasteiger charge is -2.17. The van der Waals surface area contributed by atoms with Crippen LogP contribution in [0.2, 0.25) is 0 Å². The van der Waals surface area contributed by atoms with Crippen LogP contribution in [0.4, 0.5) is 0 Å². The SMILES string of the molecule is CC(C)CCn1c(C(C)C)ccc(C(=O)NN)c1=O. The molecule has 0 aromatic carbocycles. The van der Waals surface area contributed by atoms with Crippen molar-refractivity contribution in [3.63, 3.8) is 0 Å². The number of rotatable bonds is 5. The highest BCUT2D eigenvalue weighted by atomic mass is 16.2. The molecule has 0 aliphatic rings. The van der Waals surface area contributed by atoms with Crippen molar-refractivity contribution in [1.82, 2.24) is 9.99 Å². The van der Waals surface area contributed by atoms with Crippen molar-refractivity contribution in [2.24, 2.45) is 11.8 Å². The van der Waals surface area contributed by atoms with Crippen LogP contribution < -0.4 is 16.8 Å². The number of nitrogens with one attached hydrogen (secondary N) is 1. The molecule has 0 unspecified atom stereocenters. The molecule has 5 heteroatoms. The minimum Gasteiger partial charge on any atom is -0.312 e. The molecule has 19 heavy (non-hydrogen) atoms. The van der Waals surface area contributed by atoms with Crippen molar-refractivity contribution < 1.29 is 4.79 Å². The first-order chi connectivity index (χ1) is 8.88. The van der Waals surface area contributed by atoms with Crippen molar-refractivity contribution >= 4 is 5.91 Å². The second-order valence-electron chi connectivity index (χ2n) is 5.44. The molecule has 1 rings (SSSR count). The van der Waals surface area contributed by atoms with Gasteiger partial charge in [0.05, 0.1) is 0 Å². The van der Waals surface area contributed by atoms with Crippen molar-refractivity contribution in [2.45, 2.75) is 46.6 Å². The van der Waals surface area contributed by atoms with E-state index in [0.29, 0.717) is 12.5 Å². The monoisotopic (exact) mass is 265 g/mol. The number of amides is 1. The lowest BCUT2D eigenvalue weighted by molar-refractivity contribution is 0.0951. The Morgan fingerprint density at radius 1 is 1.32 bits per heavy atom. The van der Waals surface area contributed by atoms with Crippen LogP contribution in [0.15, 0.2) is 16.9 Å². The molecule has 3 N–H and O–H groups in total. The fraction of sp³-hybridized carbons (Fsp3) is 0.571. The van der Waals surface area contributed by atoms with E-state index in [0.717, 1.165) is 12.1 Å². The first-order valence-electron chi connectivity index (χ1n) is 6.63. The molecule has 1 amide bonds. The molecule has 0 bridgehead atoms. The quantitative estimate of drug-likeness (QED) is 0.482. The topological polar surface area (TPSA) is 77.1 Å². The van der Waals surface area contributed by atoms with Crippen LogP contribution in [0.3, 0.4) is 0 Å². The van der Waals surface area contributed by atoms with Crippen molar-refractivity contribution in [3.8, 4) is 0 Å². The molecular formula is C14H23N3O2. The van der Waals surface area contributed by atoms with Crippen molar-refractivity contribution in [2.75, 3.05) is 0 Å². The number of nitrogen functional groups attached to an aromatic ring is 1. The Kier molecular flexibility index (Phi) is 5.30. The number of hydrazine groups is 1. The molecule has 0 aliphatic carbocycles. The van der Waals surface area contributed by atoms with Crippen molar-refractivity contribution in [1.29, 1.82) is 0 Å². The lowest BCUT2D eigenvalue weighted by Crippen LogP contribution is -2.37. The minimum atomic E-state index is -0.543. The third-order valence-corrected chi connectivity index (χ3v) is 3.11.